The molecule has 3 rings (SSSR count). The molecule has 3 aromatic rings. The number of carbonyl (C=O) groups is 1. The largest absolute Gasteiger partial charge is 0.507 e. The second-order valence-corrected chi connectivity index (χ2v) is 6.91. The quantitative estimate of drug-likeness (QED) is 0.476. The van der Waals surface area contributed by atoms with E-state index in [4.69, 9.17) is 16.3 Å². The lowest BCUT2D eigenvalue weighted by Gasteiger charge is -2.12. The lowest BCUT2D eigenvalue weighted by molar-refractivity contribution is 0.0948. The van der Waals surface area contributed by atoms with Gasteiger partial charge >= 0.3 is 0 Å². The Hall–Kier alpha value is -3.38. The van der Waals surface area contributed by atoms with Gasteiger partial charge in [-0.2, -0.15) is 0 Å². The van der Waals surface area contributed by atoms with Crippen LogP contribution in [0.1, 0.15) is 21.5 Å². The van der Waals surface area contributed by atoms with E-state index in [9.17, 15) is 20.1 Å². The molecule has 0 unspecified atom stereocenters. The number of nitrogens with one attached hydrogen (secondary N) is 1. The number of phenolic OH excluding ortho intramolecular Hbond substituents is 3. The van der Waals surface area contributed by atoms with E-state index in [1.165, 1.54) is 6.92 Å². The van der Waals surface area contributed by atoms with Gasteiger partial charge in [0, 0.05) is 23.2 Å². The van der Waals surface area contributed by atoms with Gasteiger partial charge in [0.25, 0.3) is 5.91 Å². The molecule has 0 spiro atoms. The standard InChI is InChI=1S/C22H20ClNO5/c1-13-18(25)12-19(26)20(21(13)27)22(28)24-11-10-14-2-6-16(7-3-14)29-17-8-4-15(23)5-9-17/h2-9,12,25-27H,10-11H2,1H3,(H,24,28). The second-order valence-electron chi connectivity index (χ2n) is 6.47. The zero-order chi connectivity index (χ0) is 21.0. The number of hydrogen-bond donors (Lipinski definition) is 4. The van der Waals surface area contributed by atoms with Crippen LogP contribution in [0.4, 0.5) is 0 Å². The lowest BCUT2D eigenvalue weighted by Crippen LogP contribution is -2.26. The Morgan fingerprint density at radius 3 is 2.17 bits per heavy atom. The van der Waals surface area contributed by atoms with Gasteiger partial charge in [0.15, 0.2) is 0 Å². The van der Waals surface area contributed by atoms with Crippen LogP contribution in [-0.4, -0.2) is 27.8 Å². The summed E-state index contributed by atoms with van der Waals surface area (Å²) in [6.45, 7) is 1.75. The monoisotopic (exact) mass is 413 g/mol. The molecule has 0 saturated heterocycles. The van der Waals surface area contributed by atoms with Crippen molar-refractivity contribution in [1.82, 2.24) is 5.32 Å². The van der Waals surface area contributed by atoms with Crippen molar-refractivity contribution in [1.29, 1.82) is 0 Å². The maximum atomic E-state index is 12.3. The van der Waals surface area contributed by atoms with Crippen LogP contribution in [0.5, 0.6) is 28.7 Å². The van der Waals surface area contributed by atoms with Crippen molar-refractivity contribution in [3.8, 4) is 28.7 Å². The highest BCUT2D eigenvalue weighted by molar-refractivity contribution is 6.30. The van der Waals surface area contributed by atoms with Gasteiger partial charge in [-0.25, -0.2) is 0 Å². The Morgan fingerprint density at radius 1 is 0.966 bits per heavy atom. The number of hydrogen-bond acceptors (Lipinski definition) is 5. The highest BCUT2D eigenvalue weighted by Crippen LogP contribution is 2.36. The second kappa shape index (κ2) is 8.75. The van der Waals surface area contributed by atoms with Crippen molar-refractivity contribution >= 4 is 17.5 Å². The van der Waals surface area contributed by atoms with Crippen LogP contribution in [0.15, 0.2) is 54.6 Å². The first-order valence-electron chi connectivity index (χ1n) is 8.90. The summed E-state index contributed by atoms with van der Waals surface area (Å²) < 4.78 is 5.73. The van der Waals surface area contributed by atoms with Crippen LogP contribution < -0.4 is 10.1 Å². The third-order valence-corrected chi connectivity index (χ3v) is 4.66. The molecule has 0 aromatic heterocycles. The predicted molar refractivity (Wildman–Crippen MR) is 110 cm³/mol. The van der Waals surface area contributed by atoms with Crippen LogP contribution >= 0.6 is 11.6 Å². The third-order valence-electron chi connectivity index (χ3n) is 4.40. The number of amides is 1. The van der Waals surface area contributed by atoms with Crippen molar-refractivity contribution in [2.75, 3.05) is 6.54 Å². The van der Waals surface area contributed by atoms with E-state index in [0.29, 0.717) is 29.5 Å². The van der Waals surface area contributed by atoms with E-state index in [1.54, 1.807) is 24.3 Å². The molecule has 0 fully saturated rings. The van der Waals surface area contributed by atoms with Gasteiger partial charge in [0.2, 0.25) is 0 Å². The molecule has 0 aliphatic rings. The van der Waals surface area contributed by atoms with E-state index >= 15 is 0 Å². The smallest absolute Gasteiger partial charge is 0.258 e. The minimum atomic E-state index is -0.620. The fourth-order valence-corrected chi connectivity index (χ4v) is 2.86. The maximum absolute atomic E-state index is 12.3. The van der Waals surface area contributed by atoms with Crippen molar-refractivity contribution in [3.63, 3.8) is 0 Å². The van der Waals surface area contributed by atoms with Crippen LogP contribution in [0.3, 0.4) is 0 Å². The summed E-state index contributed by atoms with van der Waals surface area (Å²) in [5.74, 6) is -0.466. The third kappa shape index (κ3) is 4.92. The molecule has 3 aromatic carbocycles. The summed E-state index contributed by atoms with van der Waals surface area (Å²) in [6.07, 6.45) is 0.547. The van der Waals surface area contributed by atoms with Gasteiger partial charge in [0.05, 0.1) is 0 Å². The van der Waals surface area contributed by atoms with E-state index in [2.05, 4.69) is 5.32 Å². The number of benzene rings is 3. The van der Waals surface area contributed by atoms with Gasteiger partial charge in [0.1, 0.15) is 34.3 Å². The SMILES string of the molecule is Cc1c(O)cc(O)c(C(=O)NCCc2ccc(Oc3ccc(Cl)cc3)cc2)c1O. The molecule has 150 valence electrons. The average Bonchev–Trinajstić information content (AvgIpc) is 2.69. The summed E-state index contributed by atoms with van der Waals surface area (Å²) in [4.78, 5) is 12.3. The van der Waals surface area contributed by atoms with Crippen molar-refractivity contribution in [2.45, 2.75) is 13.3 Å². The summed E-state index contributed by atoms with van der Waals surface area (Å²) in [5, 5.41) is 32.7. The summed E-state index contributed by atoms with van der Waals surface area (Å²) in [6, 6.07) is 15.5. The Kier molecular flexibility index (Phi) is 6.14. The van der Waals surface area contributed by atoms with Crippen LogP contribution in [0, 0.1) is 6.92 Å². The number of rotatable bonds is 6. The van der Waals surface area contributed by atoms with Gasteiger partial charge < -0.3 is 25.4 Å². The number of aromatic hydroxyl groups is 3. The molecule has 1 amide bonds. The van der Waals surface area contributed by atoms with E-state index in [1.807, 2.05) is 24.3 Å². The van der Waals surface area contributed by atoms with Gasteiger partial charge in [-0.05, 0) is 55.3 Å². The first-order valence-corrected chi connectivity index (χ1v) is 9.28. The average molecular weight is 414 g/mol. The fraction of sp³-hybridized carbons (Fsp3) is 0.136. The number of carbonyl (C=O) groups excluding carboxylic acids is 1. The molecule has 0 heterocycles. The minimum absolute atomic E-state index is 0.129. The van der Waals surface area contributed by atoms with Gasteiger partial charge in [-0.1, -0.05) is 23.7 Å². The first kappa shape index (κ1) is 20.4. The minimum Gasteiger partial charge on any atom is -0.507 e. The molecule has 29 heavy (non-hydrogen) atoms. The predicted octanol–water partition coefficient (Wildman–Crippen LogP) is 4.53. The molecule has 0 radical (unpaired) electrons. The number of phenols is 3. The van der Waals surface area contributed by atoms with Gasteiger partial charge in [-0.15, -0.1) is 0 Å². The Balaban J connectivity index is 1.56. The molecular formula is C22H20ClNO5. The number of ether oxygens (including phenoxy) is 1. The zero-order valence-electron chi connectivity index (χ0n) is 15.6. The van der Waals surface area contributed by atoms with Crippen LogP contribution in [0.25, 0.3) is 0 Å². The molecular weight excluding hydrogens is 394 g/mol. The molecule has 4 N–H and O–H groups in total. The van der Waals surface area contributed by atoms with E-state index < -0.39 is 17.4 Å². The van der Waals surface area contributed by atoms with Crippen LogP contribution in [0.2, 0.25) is 5.02 Å². The maximum Gasteiger partial charge on any atom is 0.258 e. The Labute approximate surface area is 173 Å². The molecule has 0 bridgehead atoms. The highest BCUT2D eigenvalue weighted by Gasteiger charge is 2.20. The van der Waals surface area contributed by atoms with Crippen molar-refractivity contribution in [3.05, 3.63) is 76.3 Å². The zero-order valence-corrected chi connectivity index (χ0v) is 16.4. The molecule has 0 aliphatic heterocycles. The Morgan fingerprint density at radius 2 is 1.55 bits per heavy atom. The molecule has 0 aliphatic carbocycles. The topological polar surface area (TPSA) is 99.0 Å². The number of halogens is 1. The molecule has 7 heteroatoms. The molecule has 0 saturated carbocycles. The summed E-state index contributed by atoms with van der Waals surface area (Å²) in [7, 11) is 0. The first-order chi connectivity index (χ1) is 13.8. The Bertz CT molecular complexity index is 1020. The van der Waals surface area contributed by atoms with Crippen LogP contribution in [-0.2, 0) is 6.42 Å². The van der Waals surface area contributed by atoms with Crippen molar-refractivity contribution < 1.29 is 24.9 Å². The fourth-order valence-electron chi connectivity index (χ4n) is 2.74. The van der Waals surface area contributed by atoms with E-state index in [-0.39, 0.29) is 16.9 Å². The molecule has 0 atom stereocenters. The summed E-state index contributed by atoms with van der Waals surface area (Å²) in [5.41, 5.74) is 0.848. The molecule has 6 nitrogen and oxygen atoms in total. The van der Waals surface area contributed by atoms with Crippen molar-refractivity contribution in [2.24, 2.45) is 0 Å². The lowest BCUT2D eigenvalue weighted by atomic mass is 10.1. The van der Waals surface area contributed by atoms with Gasteiger partial charge in [-0.3, -0.25) is 4.79 Å². The normalized spacial score (nSPS) is 10.6. The highest BCUT2D eigenvalue weighted by atomic mass is 35.5. The summed E-state index contributed by atoms with van der Waals surface area (Å²) >= 11 is 5.85. The van der Waals surface area contributed by atoms with E-state index in [0.717, 1.165) is 11.6 Å².